The summed E-state index contributed by atoms with van der Waals surface area (Å²) < 4.78 is 11.1. The van der Waals surface area contributed by atoms with E-state index in [0.717, 1.165) is 24.2 Å². The molecule has 0 unspecified atom stereocenters. The molecular formula is C15H18N2O3S. The minimum atomic E-state index is 0.254. The Balaban J connectivity index is 1.66. The molecule has 1 heterocycles. The lowest BCUT2D eigenvalue weighted by molar-refractivity contribution is 0.112. The normalized spacial score (nSPS) is 10.8. The number of ether oxygens (including phenoxy) is 1. The van der Waals surface area contributed by atoms with E-state index in [1.54, 1.807) is 24.3 Å². The van der Waals surface area contributed by atoms with Gasteiger partial charge >= 0.3 is 0 Å². The van der Waals surface area contributed by atoms with Crippen molar-refractivity contribution in [1.82, 2.24) is 10.2 Å². The summed E-state index contributed by atoms with van der Waals surface area (Å²) in [7, 11) is 0. The lowest BCUT2D eigenvalue weighted by Gasteiger charge is -2.05. The average molecular weight is 306 g/mol. The Bertz CT molecular complexity index is 567. The maximum absolute atomic E-state index is 10.5. The highest BCUT2D eigenvalue weighted by molar-refractivity contribution is 7.99. The topological polar surface area (TPSA) is 65.2 Å². The Morgan fingerprint density at radius 2 is 2.05 bits per heavy atom. The van der Waals surface area contributed by atoms with Crippen molar-refractivity contribution in [1.29, 1.82) is 0 Å². The van der Waals surface area contributed by atoms with Gasteiger partial charge in [-0.1, -0.05) is 25.6 Å². The molecule has 0 bridgehead atoms. The molecule has 2 aromatic rings. The molecule has 0 saturated heterocycles. The van der Waals surface area contributed by atoms with E-state index in [1.807, 2.05) is 13.8 Å². The van der Waals surface area contributed by atoms with Crippen molar-refractivity contribution in [3.63, 3.8) is 0 Å². The van der Waals surface area contributed by atoms with E-state index in [0.29, 0.717) is 23.3 Å². The minimum Gasteiger partial charge on any atom is -0.494 e. The molecule has 0 N–H and O–H groups in total. The van der Waals surface area contributed by atoms with Crippen molar-refractivity contribution in [2.24, 2.45) is 0 Å². The Labute approximate surface area is 128 Å². The number of aldehydes is 1. The fourth-order valence-corrected chi connectivity index (χ4v) is 2.24. The second-order valence-electron chi connectivity index (χ2n) is 4.80. The van der Waals surface area contributed by atoms with E-state index in [-0.39, 0.29) is 5.92 Å². The van der Waals surface area contributed by atoms with Crippen LogP contribution >= 0.6 is 11.8 Å². The summed E-state index contributed by atoms with van der Waals surface area (Å²) in [5.41, 5.74) is 0.648. The summed E-state index contributed by atoms with van der Waals surface area (Å²) in [6, 6.07) is 7.07. The molecule has 0 aliphatic carbocycles. The Kier molecular flexibility index (Phi) is 5.80. The highest BCUT2D eigenvalue weighted by atomic mass is 32.2. The summed E-state index contributed by atoms with van der Waals surface area (Å²) in [6.07, 6.45) is 1.69. The Hall–Kier alpha value is -1.82. The first-order valence-electron chi connectivity index (χ1n) is 6.83. The average Bonchev–Trinajstić information content (AvgIpc) is 2.97. The van der Waals surface area contributed by atoms with Crippen LogP contribution in [0.15, 0.2) is 33.9 Å². The second kappa shape index (κ2) is 7.83. The molecule has 112 valence electrons. The van der Waals surface area contributed by atoms with Crippen LogP contribution in [0.5, 0.6) is 5.75 Å². The van der Waals surface area contributed by atoms with Crippen LogP contribution in [0.4, 0.5) is 0 Å². The SMILES string of the molecule is CC(C)c1nnc(SCCCOc2ccc(C=O)cc2)o1. The van der Waals surface area contributed by atoms with Gasteiger partial charge in [-0.15, -0.1) is 10.2 Å². The lowest BCUT2D eigenvalue weighted by atomic mass is 10.2. The van der Waals surface area contributed by atoms with E-state index in [4.69, 9.17) is 9.15 Å². The quantitative estimate of drug-likeness (QED) is 0.422. The summed E-state index contributed by atoms with van der Waals surface area (Å²) in [5, 5.41) is 8.57. The van der Waals surface area contributed by atoms with Crippen LogP contribution in [0.3, 0.4) is 0 Å². The third-order valence-corrected chi connectivity index (χ3v) is 3.62. The Morgan fingerprint density at radius 3 is 2.67 bits per heavy atom. The smallest absolute Gasteiger partial charge is 0.276 e. The fraction of sp³-hybridized carbons (Fsp3) is 0.400. The first-order chi connectivity index (χ1) is 10.2. The number of nitrogens with zero attached hydrogens (tertiary/aromatic N) is 2. The maximum Gasteiger partial charge on any atom is 0.276 e. The number of carbonyl (C=O) groups excluding carboxylic acids is 1. The van der Waals surface area contributed by atoms with Gasteiger partial charge in [0.1, 0.15) is 12.0 Å². The largest absolute Gasteiger partial charge is 0.494 e. The van der Waals surface area contributed by atoms with E-state index in [2.05, 4.69) is 10.2 Å². The van der Waals surface area contributed by atoms with Crippen LogP contribution in [0.2, 0.25) is 0 Å². The molecule has 1 aromatic carbocycles. The third kappa shape index (κ3) is 4.90. The van der Waals surface area contributed by atoms with Crippen molar-refractivity contribution < 1.29 is 13.9 Å². The monoisotopic (exact) mass is 306 g/mol. The van der Waals surface area contributed by atoms with E-state index < -0.39 is 0 Å². The first kappa shape index (κ1) is 15.6. The standard InChI is InChI=1S/C15H18N2O3S/c1-11(2)14-16-17-15(20-14)21-9-3-8-19-13-6-4-12(10-18)5-7-13/h4-7,10-11H,3,8-9H2,1-2H3. The first-order valence-corrected chi connectivity index (χ1v) is 7.82. The summed E-state index contributed by atoms with van der Waals surface area (Å²) in [4.78, 5) is 10.5. The van der Waals surface area contributed by atoms with E-state index in [1.165, 1.54) is 11.8 Å². The van der Waals surface area contributed by atoms with Crippen molar-refractivity contribution >= 4 is 18.0 Å². The molecule has 0 atom stereocenters. The van der Waals surface area contributed by atoms with Crippen LogP contribution in [0.1, 0.15) is 42.4 Å². The second-order valence-corrected chi connectivity index (χ2v) is 5.84. The van der Waals surface area contributed by atoms with Crippen LogP contribution in [-0.2, 0) is 0 Å². The predicted molar refractivity (Wildman–Crippen MR) is 81.1 cm³/mol. The molecule has 0 fully saturated rings. The molecule has 0 amide bonds. The molecule has 0 aliphatic rings. The molecule has 6 heteroatoms. The van der Waals surface area contributed by atoms with Gasteiger partial charge in [0.15, 0.2) is 0 Å². The van der Waals surface area contributed by atoms with Gasteiger partial charge in [0, 0.05) is 17.2 Å². The number of benzene rings is 1. The van der Waals surface area contributed by atoms with Crippen LogP contribution in [0, 0.1) is 0 Å². The van der Waals surface area contributed by atoms with Crippen molar-refractivity contribution in [3.05, 3.63) is 35.7 Å². The molecule has 2 rings (SSSR count). The highest BCUT2D eigenvalue weighted by Crippen LogP contribution is 2.21. The Morgan fingerprint density at radius 1 is 1.29 bits per heavy atom. The maximum atomic E-state index is 10.5. The number of hydrogen-bond donors (Lipinski definition) is 0. The van der Waals surface area contributed by atoms with Crippen LogP contribution in [0.25, 0.3) is 0 Å². The van der Waals surface area contributed by atoms with Gasteiger partial charge in [-0.2, -0.15) is 0 Å². The van der Waals surface area contributed by atoms with Crippen LogP contribution < -0.4 is 4.74 Å². The molecule has 0 aliphatic heterocycles. The van der Waals surface area contributed by atoms with Gasteiger partial charge in [-0.05, 0) is 30.7 Å². The van der Waals surface area contributed by atoms with Crippen molar-refractivity contribution in [3.8, 4) is 5.75 Å². The van der Waals surface area contributed by atoms with Crippen molar-refractivity contribution in [2.75, 3.05) is 12.4 Å². The molecular weight excluding hydrogens is 288 g/mol. The number of thioether (sulfide) groups is 1. The highest BCUT2D eigenvalue weighted by Gasteiger charge is 2.09. The fourth-order valence-electron chi connectivity index (χ4n) is 1.56. The molecule has 21 heavy (non-hydrogen) atoms. The van der Waals surface area contributed by atoms with Gasteiger partial charge in [-0.3, -0.25) is 4.79 Å². The number of carbonyl (C=O) groups is 1. The molecule has 0 spiro atoms. The zero-order chi connectivity index (χ0) is 15.1. The summed E-state index contributed by atoms with van der Waals surface area (Å²) in [6.45, 7) is 4.65. The van der Waals surface area contributed by atoms with Gasteiger partial charge in [0.05, 0.1) is 6.61 Å². The lowest BCUT2D eigenvalue weighted by Crippen LogP contribution is -1.98. The minimum absolute atomic E-state index is 0.254. The zero-order valence-electron chi connectivity index (χ0n) is 12.1. The molecule has 1 aromatic heterocycles. The molecule has 0 saturated carbocycles. The molecule has 0 radical (unpaired) electrons. The van der Waals surface area contributed by atoms with Crippen molar-refractivity contribution in [2.45, 2.75) is 31.4 Å². The number of rotatable bonds is 8. The summed E-state index contributed by atoms with van der Waals surface area (Å²) in [5.74, 6) is 2.55. The van der Waals surface area contributed by atoms with Gasteiger partial charge < -0.3 is 9.15 Å². The van der Waals surface area contributed by atoms with Gasteiger partial charge in [0.25, 0.3) is 5.22 Å². The molecule has 5 nitrogen and oxygen atoms in total. The van der Waals surface area contributed by atoms with Gasteiger partial charge in [0.2, 0.25) is 5.89 Å². The van der Waals surface area contributed by atoms with E-state index in [9.17, 15) is 4.79 Å². The summed E-state index contributed by atoms with van der Waals surface area (Å²) >= 11 is 1.53. The van der Waals surface area contributed by atoms with E-state index >= 15 is 0 Å². The number of hydrogen-bond acceptors (Lipinski definition) is 6. The third-order valence-electron chi connectivity index (χ3n) is 2.72. The number of aromatic nitrogens is 2. The van der Waals surface area contributed by atoms with Gasteiger partial charge in [-0.25, -0.2) is 0 Å². The zero-order valence-corrected chi connectivity index (χ0v) is 12.9. The van der Waals surface area contributed by atoms with Crippen LogP contribution in [-0.4, -0.2) is 28.8 Å². The predicted octanol–water partition coefficient (Wildman–Crippen LogP) is 3.57.